The molecule has 1 saturated heterocycles. The number of hydrogen-bond acceptors (Lipinski definition) is 4. The lowest BCUT2D eigenvalue weighted by Crippen LogP contribution is -2.29. The maximum Gasteiger partial charge on any atom is 0.251 e. The van der Waals surface area contributed by atoms with Gasteiger partial charge in [0.2, 0.25) is 0 Å². The van der Waals surface area contributed by atoms with Crippen molar-refractivity contribution in [1.29, 1.82) is 0 Å². The molecule has 2 aromatic rings. The molecule has 3 rings (SSSR count). The number of benzene rings is 1. The number of rotatable bonds is 5. The average Bonchev–Trinajstić information content (AvgIpc) is 3.04. The van der Waals surface area contributed by atoms with Gasteiger partial charge in [-0.2, -0.15) is 0 Å². The third-order valence-corrected chi connectivity index (χ3v) is 5.11. The summed E-state index contributed by atoms with van der Waals surface area (Å²) in [6, 6.07) is 6.98. The Morgan fingerprint density at radius 3 is 2.91 bits per heavy atom. The van der Waals surface area contributed by atoms with Crippen LogP contribution >= 0.6 is 22.9 Å². The molecule has 1 fully saturated rings. The summed E-state index contributed by atoms with van der Waals surface area (Å²) in [6.07, 6.45) is 4.58. The fraction of sp³-hybridized carbons (Fsp3) is 0.412. The third-order valence-electron chi connectivity index (χ3n) is 3.92. The number of nitrogens with zero attached hydrogens (tertiary/aromatic N) is 2. The van der Waals surface area contributed by atoms with E-state index in [0.29, 0.717) is 17.1 Å². The Bertz CT molecular complexity index is 667. The van der Waals surface area contributed by atoms with Crippen molar-refractivity contribution >= 4 is 34.0 Å². The van der Waals surface area contributed by atoms with Crippen molar-refractivity contribution in [2.45, 2.75) is 25.7 Å². The molecule has 1 aliphatic rings. The van der Waals surface area contributed by atoms with Gasteiger partial charge < -0.3 is 10.2 Å². The van der Waals surface area contributed by atoms with Crippen LogP contribution in [-0.2, 0) is 6.42 Å². The molecule has 0 radical (unpaired) electrons. The van der Waals surface area contributed by atoms with Gasteiger partial charge in [0.05, 0.1) is 5.69 Å². The molecule has 1 amide bonds. The van der Waals surface area contributed by atoms with Crippen LogP contribution in [0.2, 0.25) is 5.02 Å². The maximum atomic E-state index is 12.0. The normalized spacial score (nSPS) is 14.7. The Kier molecular flexibility index (Phi) is 5.51. The highest BCUT2D eigenvalue weighted by molar-refractivity contribution is 7.13. The number of carbonyl (C=O) groups excluding carboxylic acids is 1. The van der Waals surface area contributed by atoms with E-state index in [1.165, 1.54) is 19.3 Å². The Hall–Kier alpha value is -1.59. The van der Waals surface area contributed by atoms with Crippen molar-refractivity contribution < 1.29 is 4.79 Å². The first-order chi connectivity index (χ1) is 11.2. The minimum Gasteiger partial charge on any atom is -0.352 e. The van der Waals surface area contributed by atoms with E-state index >= 15 is 0 Å². The van der Waals surface area contributed by atoms with E-state index < -0.39 is 0 Å². The van der Waals surface area contributed by atoms with E-state index in [2.05, 4.69) is 20.6 Å². The van der Waals surface area contributed by atoms with E-state index in [1.807, 2.05) is 0 Å². The molecule has 1 N–H and O–H groups in total. The highest BCUT2D eigenvalue weighted by Crippen LogP contribution is 2.24. The fourth-order valence-corrected chi connectivity index (χ4v) is 3.78. The molecular formula is C17H20ClN3OS. The predicted octanol–water partition coefficient (Wildman–Crippen LogP) is 3.76. The highest BCUT2D eigenvalue weighted by atomic mass is 35.5. The largest absolute Gasteiger partial charge is 0.352 e. The molecule has 1 aromatic heterocycles. The van der Waals surface area contributed by atoms with Crippen molar-refractivity contribution in [2.24, 2.45) is 0 Å². The molecule has 6 heteroatoms. The summed E-state index contributed by atoms with van der Waals surface area (Å²) in [5.41, 5.74) is 1.63. The molecule has 23 heavy (non-hydrogen) atoms. The van der Waals surface area contributed by atoms with Crippen LogP contribution in [0.5, 0.6) is 0 Å². The fourth-order valence-electron chi connectivity index (χ4n) is 2.68. The molecule has 0 atom stereocenters. The van der Waals surface area contributed by atoms with Crippen molar-refractivity contribution in [3.63, 3.8) is 0 Å². The van der Waals surface area contributed by atoms with Gasteiger partial charge in [0.15, 0.2) is 5.13 Å². The van der Waals surface area contributed by atoms with Crippen LogP contribution < -0.4 is 10.2 Å². The van der Waals surface area contributed by atoms with E-state index in [4.69, 9.17) is 11.6 Å². The van der Waals surface area contributed by atoms with Crippen molar-refractivity contribution in [3.8, 4) is 0 Å². The number of halogens is 1. The van der Waals surface area contributed by atoms with Crippen LogP contribution in [0.15, 0.2) is 29.6 Å². The number of amides is 1. The summed E-state index contributed by atoms with van der Waals surface area (Å²) >= 11 is 7.60. The lowest BCUT2D eigenvalue weighted by Gasteiger charge is -2.25. The second-order valence-electron chi connectivity index (χ2n) is 5.69. The Labute approximate surface area is 145 Å². The van der Waals surface area contributed by atoms with E-state index in [-0.39, 0.29) is 5.91 Å². The lowest BCUT2D eigenvalue weighted by molar-refractivity contribution is 0.0954. The zero-order chi connectivity index (χ0) is 16.1. The first kappa shape index (κ1) is 16.3. The number of piperidine rings is 1. The van der Waals surface area contributed by atoms with Crippen LogP contribution in [0.1, 0.15) is 35.3 Å². The quantitative estimate of drug-likeness (QED) is 0.893. The first-order valence-corrected chi connectivity index (χ1v) is 9.21. The minimum absolute atomic E-state index is 0.0982. The zero-order valence-corrected chi connectivity index (χ0v) is 14.5. The number of carbonyl (C=O) groups is 1. The molecule has 4 nitrogen and oxygen atoms in total. The monoisotopic (exact) mass is 349 g/mol. The summed E-state index contributed by atoms with van der Waals surface area (Å²) < 4.78 is 0. The van der Waals surface area contributed by atoms with Gasteiger partial charge in [0.1, 0.15) is 0 Å². The molecule has 2 heterocycles. The molecule has 0 bridgehead atoms. The summed E-state index contributed by atoms with van der Waals surface area (Å²) in [7, 11) is 0. The Balaban J connectivity index is 1.49. The van der Waals surface area contributed by atoms with Crippen LogP contribution in [0, 0.1) is 0 Å². The van der Waals surface area contributed by atoms with E-state index in [1.54, 1.807) is 35.6 Å². The number of aromatic nitrogens is 1. The van der Waals surface area contributed by atoms with Gasteiger partial charge in [-0.3, -0.25) is 4.79 Å². The van der Waals surface area contributed by atoms with Crippen LogP contribution in [0.4, 0.5) is 5.13 Å². The zero-order valence-electron chi connectivity index (χ0n) is 12.9. The summed E-state index contributed by atoms with van der Waals surface area (Å²) in [5.74, 6) is -0.0982. The SMILES string of the molecule is O=C(NCCc1csc(N2CCCCC2)n1)c1cccc(Cl)c1. The Morgan fingerprint density at radius 2 is 2.13 bits per heavy atom. The standard InChI is InChI=1S/C17H20ClN3OS/c18-14-6-4-5-13(11-14)16(22)19-8-7-15-12-23-17(20-15)21-9-2-1-3-10-21/h4-6,11-12H,1-3,7-10H2,(H,19,22). The molecule has 0 saturated carbocycles. The molecule has 0 unspecified atom stereocenters. The first-order valence-electron chi connectivity index (χ1n) is 7.95. The van der Waals surface area contributed by atoms with Gasteiger partial charge in [0.25, 0.3) is 5.91 Å². The van der Waals surface area contributed by atoms with Gasteiger partial charge in [-0.05, 0) is 37.5 Å². The molecule has 1 aromatic carbocycles. The molecule has 122 valence electrons. The van der Waals surface area contributed by atoms with Gasteiger partial charge >= 0.3 is 0 Å². The van der Waals surface area contributed by atoms with Gasteiger partial charge in [-0.15, -0.1) is 11.3 Å². The van der Waals surface area contributed by atoms with Crippen molar-refractivity contribution in [3.05, 3.63) is 45.9 Å². The van der Waals surface area contributed by atoms with Crippen LogP contribution in [0.25, 0.3) is 0 Å². The highest BCUT2D eigenvalue weighted by Gasteiger charge is 2.14. The minimum atomic E-state index is -0.0982. The van der Waals surface area contributed by atoms with Crippen molar-refractivity contribution in [1.82, 2.24) is 10.3 Å². The smallest absolute Gasteiger partial charge is 0.251 e. The third kappa shape index (κ3) is 4.45. The number of thiazole rings is 1. The number of anilines is 1. The summed E-state index contributed by atoms with van der Waals surface area (Å²) in [4.78, 5) is 19.1. The average molecular weight is 350 g/mol. The summed E-state index contributed by atoms with van der Waals surface area (Å²) in [5, 5.41) is 6.69. The topological polar surface area (TPSA) is 45.2 Å². The molecule has 1 aliphatic heterocycles. The number of hydrogen-bond donors (Lipinski definition) is 1. The second kappa shape index (κ2) is 7.79. The van der Waals surface area contributed by atoms with Gasteiger partial charge in [-0.25, -0.2) is 4.98 Å². The van der Waals surface area contributed by atoms with E-state index in [9.17, 15) is 4.79 Å². The molecule has 0 aliphatic carbocycles. The molecular weight excluding hydrogens is 330 g/mol. The van der Waals surface area contributed by atoms with Gasteiger partial charge in [0, 0.05) is 42.0 Å². The lowest BCUT2D eigenvalue weighted by atomic mass is 10.1. The molecule has 0 spiro atoms. The number of nitrogens with one attached hydrogen (secondary N) is 1. The Morgan fingerprint density at radius 1 is 1.30 bits per heavy atom. The second-order valence-corrected chi connectivity index (χ2v) is 6.96. The van der Waals surface area contributed by atoms with Gasteiger partial charge in [-0.1, -0.05) is 17.7 Å². The predicted molar refractivity (Wildman–Crippen MR) is 95.7 cm³/mol. The maximum absolute atomic E-state index is 12.0. The van der Waals surface area contributed by atoms with E-state index in [0.717, 1.165) is 30.3 Å². The van der Waals surface area contributed by atoms with Crippen LogP contribution in [0.3, 0.4) is 0 Å². The summed E-state index contributed by atoms with van der Waals surface area (Å²) in [6.45, 7) is 2.80. The van der Waals surface area contributed by atoms with Crippen molar-refractivity contribution in [2.75, 3.05) is 24.5 Å². The van der Waals surface area contributed by atoms with Crippen LogP contribution in [-0.4, -0.2) is 30.5 Å².